The number of nitrogens with zero attached hydrogens (tertiary/aromatic N) is 3. The Kier molecular flexibility index (Phi) is 3.77. The maximum Gasteiger partial charge on any atom is 0.260 e. The molecular weight excluding hydrogens is 311 g/mol. The number of nitrogen functional groups attached to an aromatic ring is 1. The predicted octanol–water partition coefficient (Wildman–Crippen LogP) is 3.61. The van der Waals surface area contributed by atoms with E-state index in [1.807, 2.05) is 12.1 Å². The van der Waals surface area contributed by atoms with Gasteiger partial charge in [-0.15, -0.1) is 0 Å². The van der Waals surface area contributed by atoms with Crippen molar-refractivity contribution in [2.24, 2.45) is 0 Å². The lowest BCUT2D eigenvalue weighted by Gasteiger charge is -2.03. The molecule has 0 aliphatic heterocycles. The van der Waals surface area contributed by atoms with Crippen LogP contribution in [0.25, 0.3) is 11.5 Å². The van der Waals surface area contributed by atoms with Crippen LogP contribution < -0.4 is 5.73 Å². The predicted molar refractivity (Wildman–Crippen MR) is 81.2 cm³/mol. The fraction of sp³-hybridized carbons (Fsp3) is 0.0714. The molecule has 106 valence electrons. The Balaban J connectivity index is 1.92. The lowest BCUT2D eigenvalue weighted by atomic mass is 10.2. The van der Waals surface area contributed by atoms with Crippen LogP contribution in [0.1, 0.15) is 11.4 Å². The lowest BCUT2D eigenvalue weighted by molar-refractivity contribution is 0.424. The molecule has 5 nitrogen and oxygen atoms in total. The first-order chi connectivity index (χ1) is 10.1. The number of anilines is 1. The molecule has 0 unspecified atom stereocenters. The number of hydrogen-bond acceptors (Lipinski definition) is 5. The molecule has 2 aromatic heterocycles. The van der Waals surface area contributed by atoms with E-state index in [4.69, 9.17) is 33.5 Å². The minimum atomic E-state index is 0.288. The molecule has 3 aromatic rings. The van der Waals surface area contributed by atoms with Crippen molar-refractivity contribution < 1.29 is 4.52 Å². The minimum Gasteiger partial charge on any atom is -0.397 e. The van der Waals surface area contributed by atoms with Crippen LogP contribution in [0.2, 0.25) is 10.0 Å². The Labute approximate surface area is 130 Å². The second-order valence-corrected chi connectivity index (χ2v) is 5.25. The molecule has 0 saturated heterocycles. The first kappa shape index (κ1) is 13.9. The highest BCUT2D eigenvalue weighted by atomic mass is 35.5. The third-order valence-corrected chi connectivity index (χ3v) is 3.41. The molecule has 0 aliphatic rings. The quantitative estimate of drug-likeness (QED) is 0.746. The van der Waals surface area contributed by atoms with Crippen molar-refractivity contribution in [1.82, 2.24) is 15.1 Å². The van der Waals surface area contributed by atoms with Crippen molar-refractivity contribution in [2.45, 2.75) is 6.42 Å². The molecule has 7 heteroatoms. The van der Waals surface area contributed by atoms with Crippen molar-refractivity contribution in [3.63, 3.8) is 0 Å². The van der Waals surface area contributed by atoms with Crippen LogP contribution in [0.15, 0.2) is 41.2 Å². The van der Waals surface area contributed by atoms with Gasteiger partial charge in [-0.2, -0.15) is 4.98 Å². The Morgan fingerprint density at radius 2 is 2.10 bits per heavy atom. The van der Waals surface area contributed by atoms with Crippen LogP contribution >= 0.6 is 23.2 Å². The molecule has 0 amide bonds. The first-order valence-corrected chi connectivity index (χ1v) is 6.85. The van der Waals surface area contributed by atoms with Gasteiger partial charge in [-0.1, -0.05) is 34.4 Å². The molecule has 1 aromatic carbocycles. The number of halogens is 2. The van der Waals surface area contributed by atoms with Gasteiger partial charge in [0, 0.05) is 23.8 Å². The van der Waals surface area contributed by atoms with E-state index in [1.54, 1.807) is 24.5 Å². The summed E-state index contributed by atoms with van der Waals surface area (Å²) < 4.78 is 5.23. The Morgan fingerprint density at radius 1 is 1.24 bits per heavy atom. The largest absolute Gasteiger partial charge is 0.397 e. The molecule has 0 saturated carbocycles. The lowest BCUT2D eigenvalue weighted by Crippen LogP contribution is -1.93. The van der Waals surface area contributed by atoms with E-state index >= 15 is 0 Å². The van der Waals surface area contributed by atoms with E-state index in [0.29, 0.717) is 33.5 Å². The molecule has 0 bridgehead atoms. The summed E-state index contributed by atoms with van der Waals surface area (Å²) >= 11 is 12.0. The van der Waals surface area contributed by atoms with Crippen molar-refractivity contribution in [2.75, 3.05) is 5.73 Å². The van der Waals surface area contributed by atoms with Crippen LogP contribution in [0.5, 0.6) is 0 Å². The monoisotopic (exact) mass is 320 g/mol. The first-order valence-electron chi connectivity index (χ1n) is 6.10. The molecular formula is C14H10Cl2N4O. The summed E-state index contributed by atoms with van der Waals surface area (Å²) in [6.07, 6.45) is 3.98. The standard InChI is InChI=1S/C14H10Cl2N4O/c15-9-5-10(13(17)11(16)6-9)14-19-12(20-21-14)4-8-2-1-3-18-7-8/h1-3,5-7H,4,17H2. The zero-order chi connectivity index (χ0) is 14.8. The van der Waals surface area contributed by atoms with Gasteiger partial charge in [0.05, 0.1) is 16.3 Å². The maximum atomic E-state index is 6.00. The number of benzene rings is 1. The van der Waals surface area contributed by atoms with E-state index in [0.717, 1.165) is 5.56 Å². The molecule has 0 atom stereocenters. The topological polar surface area (TPSA) is 77.8 Å². The van der Waals surface area contributed by atoms with Gasteiger partial charge in [0.2, 0.25) is 0 Å². The van der Waals surface area contributed by atoms with Crippen LogP contribution in [-0.2, 0) is 6.42 Å². The summed E-state index contributed by atoms with van der Waals surface area (Å²) in [4.78, 5) is 8.36. The summed E-state index contributed by atoms with van der Waals surface area (Å²) in [7, 11) is 0. The third-order valence-electron chi connectivity index (χ3n) is 2.88. The molecule has 0 fully saturated rings. The van der Waals surface area contributed by atoms with Crippen LogP contribution in [0, 0.1) is 0 Å². The van der Waals surface area contributed by atoms with Crippen LogP contribution in [0.3, 0.4) is 0 Å². The Bertz CT molecular complexity index is 774. The highest BCUT2D eigenvalue weighted by Crippen LogP contribution is 2.34. The summed E-state index contributed by atoms with van der Waals surface area (Å²) in [6, 6.07) is 7.00. The van der Waals surface area contributed by atoms with Crippen molar-refractivity contribution >= 4 is 28.9 Å². The number of pyridine rings is 1. The normalized spacial score (nSPS) is 10.8. The zero-order valence-corrected chi connectivity index (χ0v) is 12.3. The van der Waals surface area contributed by atoms with Crippen molar-refractivity contribution in [3.8, 4) is 11.5 Å². The molecule has 3 rings (SSSR count). The summed E-state index contributed by atoms with van der Waals surface area (Å²) in [5.74, 6) is 0.823. The summed E-state index contributed by atoms with van der Waals surface area (Å²) in [5.41, 5.74) is 7.79. The van der Waals surface area contributed by atoms with Gasteiger partial charge >= 0.3 is 0 Å². The van der Waals surface area contributed by atoms with E-state index in [-0.39, 0.29) is 5.89 Å². The molecule has 2 heterocycles. The number of rotatable bonds is 3. The number of hydrogen-bond donors (Lipinski definition) is 1. The Hall–Kier alpha value is -2.11. The van der Waals surface area contributed by atoms with Gasteiger partial charge in [0.25, 0.3) is 5.89 Å². The van der Waals surface area contributed by atoms with Crippen LogP contribution in [-0.4, -0.2) is 15.1 Å². The second-order valence-electron chi connectivity index (χ2n) is 4.40. The summed E-state index contributed by atoms with van der Waals surface area (Å²) in [5, 5.41) is 4.74. The third kappa shape index (κ3) is 2.99. The second kappa shape index (κ2) is 5.71. The SMILES string of the molecule is Nc1c(Cl)cc(Cl)cc1-c1nc(Cc2cccnc2)no1. The van der Waals surface area contributed by atoms with Gasteiger partial charge in [-0.3, -0.25) is 4.98 Å². The Morgan fingerprint density at radius 3 is 2.86 bits per heavy atom. The number of nitrogens with two attached hydrogens (primary N) is 1. The van der Waals surface area contributed by atoms with Crippen molar-refractivity contribution in [3.05, 3.63) is 58.1 Å². The fourth-order valence-electron chi connectivity index (χ4n) is 1.88. The van der Waals surface area contributed by atoms with E-state index < -0.39 is 0 Å². The molecule has 0 spiro atoms. The zero-order valence-electron chi connectivity index (χ0n) is 10.8. The highest BCUT2D eigenvalue weighted by Gasteiger charge is 2.15. The van der Waals surface area contributed by atoms with Crippen LogP contribution in [0.4, 0.5) is 5.69 Å². The molecule has 21 heavy (non-hydrogen) atoms. The van der Waals surface area contributed by atoms with Gasteiger partial charge in [-0.25, -0.2) is 0 Å². The average molecular weight is 321 g/mol. The minimum absolute atomic E-state index is 0.288. The maximum absolute atomic E-state index is 6.00. The van der Waals surface area contributed by atoms with Gasteiger partial charge < -0.3 is 10.3 Å². The molecule has 0 aliphatic carbocycles. The highest BCUT2D eigenvalue weighted by molar-refractivity contribution is 6.37. The molecule has 0 radical (unpaired) electrons. The van der Waals surface area contributed by atoms with E-state index in [1.165, 1.54) is 0 Å². The summed E-state index contributed by atoms with van der Waals surface area (Å²) in [6.45, 7) is 0. The van der Waals surface area contributed by atoms with E-state index in [9.17, 15) is 0 Å². The van der Waals surface area contributed by atoms with Gasteiger partial charge in [-0.05, 0) is 23.8 Å². The average Bonchev–Trinajstić information content (AvgIpc) is 2.92. The fourth-order valence-corrected chi connectivity index (χ4v) is 2.38. The smallest absolute Gasteiger partial charge is 0.260 e. The van der Waals surface area contributed by atoms with Gasteiger partial charge in [0.1, 0.15) is 0 Å². The van der Waals surface area contributed by atoms with Crippen molar-refractivity contribution in [1.29, 1.82) is 0 Å². The molecule has 2 N–H and O–H groups in total. The number of aromatic nitrogens is 3. The van der Waals surface area contributed by atoms with Gasteiger partial charge in [0.15, 0.2) is 5.82 Å². The van der Waals surface area contributed by atoms with E-state index in [2.05, 4.69) is 15.1 Å².